The number of anilines is 1. The number of ether oxygens (including phenoxy) is 2. The van der Waals surface area contributed by atoms with Crippen LogP contribution >= 0.6 is 27.5 Å². The fraction of sp³-hybridized carbons (Fsp3) is 0.154. The van der Waals surface area contributed by atoms with Crippen LogP contribution in [0.1, 0.15) is 22.7 Å². The molecule has 1 N–H and O–H groups in total. The SMILES string of the molecule is COc1ccc(/C(O)=C2\C(=O)C(=O)N(c3ccc(C)c(Cl)c3)C2c2ccccc2OC)cc1Br. The normalized spacial score (nSPS) is 17.2. The predicted molar refractivity (Wildman–Crippen MR) is 135 cm³/mol. The first kappa shape index (κ1) is 23.9. The number of nitrogens with zero attached hydrogens (tertiary/aromatic N) is 1. The van der Waals surface area contributed by atoms with Crippen molar-refractivity contribution in [1.29, 1.82) is 0 Å². The Morgan fingerprint density at radius 1 is 1.00 bits per heavy atom. The van der Waals surface area contributed by atoms with E-state index in [1.165, 1.54) is 19.1 Å². The smallest absolute Gasteiger partial charge is 0.300 e. The molecule has 8 heteroatoms. The Labute approximate surface area is 210 Å². The zero-order valence-corrected chi connectivity index (χ0v) is 21.0. The molecule has 4 rings (SSSR count). The number of benzene rings is 3. The maximum absolute atomic E-state index is 13.3. The summed E-state index contributed by atoms with van der Waals surface area (Å²) in [5.41, 5.74) is 2.12. The van der Waals surface area contributed by atoms with E-state index in [9.17, 15) is 14.7 Å². The summed E-state index contributed by atoms with van der Waals surface area (Å²) in [6.45, 7) is 1.85. The number of hydrogen-bond donors (Lipinski definition) is 1. The van der Waals surface area contributed by atoms with Crippen LogP contribution < -0.4 is 14.4 Å². The van der Waals surface area contributed by atoms with Gasteiger partial charge >= 0.3 is 0 Å². The molecule has 3 aromatic rings. The lowest BCUT2D eigenvalue weighted by Crippen LogP contribution is -2.29. The molecular formula is C26H21BrClNO5. The van der Waals surface area contributed by atoms with Crippen molar-refractivity contribution >= 4 is 50.7 Å². The number of rotatable bonds is 5. The minimum atomic E-state index is -0.934. The van der Waals surface area contributed by atoms with Crippen LogP contribution in [0.4, 0.5) is 5.69 Å². The van der Waals surface area contributed by atoms with Crippen molar-refractivity contribution in [1.82, 2.24) is 0 Å². The molecule has 1 aliphatic heterocycles. The van der Waals surface area contributed by atoms with Gasteiger partial charge in [0.1, 0.15) is 17.3 Å². The van der Waals surface area contributed by atoms with Crippen LogP contribution in [0.5, 0.6) is 11.5 Å². The highest BCUT2D eigenvalue weighted by atomic mass is 79.9. The van der Waals surface area contributed by atoms with Crippen molar-refractivity contribution in [3.8, 4) is 11.5 Å². The zero-order chi connectivity index (χ0) is 24.6. The summed E-state index contributed by atoms with van der Waals surface area (Å²) >= 11 is 9.75. The quantitative estimate of drug-likeness (QED) is 0.241. The highest BCUT2D eigenvalue weighted by Crippen LogP contribution is 2.45. The second-order valence-electron chi connectivity index (χ2n) is 7.69. The van der Waals surface area contributed by atoms with E-state index in [1.54, 1.807) is 60.7 Å². The summed E-state index contributed by atoms with van der Waals surface area (Å²) in [4.78, 5) is 28.0. The molecule has 6 nitrogen and oxygen atoms in total. The predicted octanol–water partition coefficient (Wildman–Crippen LogP) is 6.05. The first-order chi connectivity index (χ1) is 16.3. The van der Waals surface area contributed by atoms with Gasteiger partial charge in [-0.15, -0.1) is 0 Å². The van der Waals surface area contributed by atoms with E-state index in [-0.39, 0.29) is 11.3 Å². The van der Waals surface area contributed by atoms with Gasteiger partial charge in [-0.25, -0.2) is 0 Å². The van der Waals surface area contributed by atoms with E-state index in [2.05, 4.69) is 15.9 Å². The lowest BCUT2D eigenvalue weighted by molar-refractivity contribution is -0.132. The fourth-order valence-electron chi connectivity index (χ4n) is 3.99. The van der Waals surface area contributed by atoms with Crippen LogP contribution in [0.3, 0.4) is 0 Å². The molecule has 1 atom stereocenters. The van der Waals surface area contributed by atoms with Gasteiger partial charge in [0.25, 0.3) is 11.7 Å². The molecule has 0 radical (unpaired) electrons. The van der Waals surface area contributed by atoms with Crippen LogP contribution in [0.15, 0.2) is 70.7 Å². The first-order valence-electron chi connectivity index (χ1n) is 10.3. The lowest BCUT2D eigenvalue weighted by Gasteiger charge is -2.27. The summed E-state index contributed by atoms with van der Waals surface area (Å²) in [5.74, 6) is -0.854. The zero-order valence-electron chi connectivity index (χ0n) is 18.6. The largest absolute Gasteiger partial charge is 0.507 e. The summed E-state index contributed by atoms with van der Waals surface area (Å²) in [7, 11) is 3.04. The molecule has 0 aliphatic carbocycles. The third-order valence-electron chi connectivity index (χ3n) is 5.74. The fourth-order valence-corrected chi connectivity index (χ4v) is 4.70. The number of aliphatic hydroxyl groups is 1. The molecule has 0 saturated carbocycles. The summed E-state index contributed by atoms with van der Waals surface area (Å²) in [6, 6.07) is 16.2. The summed E-state index contributed by atoms with van der Waals surface area (Å²) in [5, 5.41) is 11.8. The number of carbonyl (C=O) groups excluding carboxylic acids is 2. The van der Waals surface area contributed by atoms with Gasteiger partial charge in [0, 0.05) is 21.8 Å². The maximum atomic E-state index is 13.3. The number of carbonyl (C=O) groups is 2. The lowest BCUT2D eigenvalue weighted by atomic mass is 9.94. The summed E-state index contributed by atoms with van der Waals surface area (Å²) in [6.07, 6.45) is 0. The number of halogens is 2. The summed E-state index contributed by atoms with van der Waals surface area (Å²) < 4.78 is 11.4. The van der Waals surface area contributed by atoms with Gasteiger partial charge in [0.05, 0.1) is 30.3 Å². The van der Waals surface area contributed by atoms with Gasteiger partial charge in [0.2, 0.25) is 0 Å². The molecule has 1 saturated heterocycles. The van der Waals surface area contributed by atoms with Gasteiger partial charge in [-0.05, 0) is 64.8 Å². The van der Waals surface area contributed by atoms with Crippen LogP contribution in [0.25, 0.3) is 5.76 Å². The van der Waals surface area contributed by atoms with Gasteiger partial charge in [-0.3, -0.25) is 14.5 Å². The number of para-hydroxylation sites is 1. The van der Waals surface area contributed by atoms with Gasteiger partial charge in [-0.2, -0.15) is 0 Å². The minimum Gasteiger partial charge on any atom is -0.507 e. The molecule has 1 unspecified atom stereocenters. The molecule has 1 fully saturated rings. The Morgan fingerprint density at radius 3 is 2.35 bits per heavy atom. The molecule has 1 aliphatic rings. The van der Waals surface area contributed by atoms with Crippen LogP contribution in [-0.4, -0.2) is 31.0 Å². The van der Waals surface area contributed by atoms with Gasteiger partial charge in [0.15, 0.2) is 0 Å². The third-order valence-corrected chi connectivity index (χ3v) is 6.76. The number of hydrogen-bond acceptors (Lipinski definition) is 5. The highest BCUT2D eigenvalue weighted by molar-refractivity contribution is 9.10. The van der Waals surface area contributed by atoms with Crippen LogP contribution in [-0.2, 0) is 9.59 Å². The van der Waals surface area contributed by atoms with Crippen molar-refractivity contribution in [2.75, 3.05) is 19.1 Å². The number of methoxy groups -OCH3 is 2. The van der Waals surface area contributed by atoms with E-state index < -0.39 is 17.7 Å². The Hall–Kier alpha value is -3.29. The average Bonchev–Trinajstić information content (AvgIpc) is 3.10. The van der Waals surface area contributed by atoms with Crippen molar-refractivity contribution in [3.63, 3.8) is 0 Å². The van der Waals surface area contributed by atoms with E-state index >= 15 is 0 Å². The van der Waals surface area contributed by atoms with E-state index in [1.807, 2.05) is 6.92 Å². The number of Topliss-reactive ketones (excluding diaryl/α,β-unsaturated/α-hetero) is 1. The highest BCUT2D eigenvalue weighted by Gasteiger charge is 2.48. The van der Waals surface area contributed by atoms with Crippen molar-refractivity contribution < 1.29 is 24.2 Å². The average molecular weight is 543 g/mol. The Kier molecular flexibility index (Phi) is 6.68. The second-order valence-corrected chi connectivity index (χ2v) is 8.96. The minimum absolute atomic E-state index is 0.0525. The Balaban J connectivity index is 1.98. The number of aliphatic hydroxyl groups excluding tert-OH is 1. The third kappa shape index (κ3) is 4.06. The van der Waals surface area contributed by atoms with Gasteiger partial charge < -0.3 is 14.6 Å². The topological polar surface area (TPSA) is 76.1 Å². The molecule has 1 amide bonds. The monoisotopic (exact) mass is 541 g/mol. The molecule has 1 heterocycles. The Bertz CT molecular complexity index is 1340. The van der Waals surface area contributed by atoms with Crippen LogP contribution in [0.2, 0.25) is 5.02 Å². The first-order valence-corrected chi connectivity index (χ1v) is 11.5. The van der Waals surface area contributed by atoms with Crippen LogP contribution in [0, 0.1) is 6.92 Å². The van der Waals surface area contributed by atoms with E-state index in [4.69, 9.17) is 21.1 Å². The number of ketones is 1. The molecule has 3 aromatic carbocycles. The van der Waals surface area contributed by atoms with Gasteiger partial charge in [-0.1, -0.05) is 35.9 Å². The second kappa shape index (κ2) is 9.52. The molecular weight excluding hydrogens is 522 g/mol. The Morgan fingerprint density at radius 2 is 1.71 bits per heavy atom. The maximum Gasteiger partial charge on any atom is 0.300 e. The molecule has 0 spiro atoms. The molecule has 0 aromatic heterocycles. The molecule has 0 bridgehead atoms. The number of aryl methyl sites for hydroxylation is 1. The van der Waals surface area contributed by atoms with E-state index in [0.29, 0.717) is 37.8 Å². The molecule has 34 heavy (non-hydrogen) atoms. The molecule has 174 valence electrons. The number of amides is 1. The van der Waals surface area contributed by atoms with E-state index in [0.717, 1.165) is 5.56 Å². The van der Waals surface area contributed by atoms with Crippen molar-refractivity contribution in [3.05, 3.63) is 92.4 Å². The van der Waals surface area contributed by atoms with Crippen molar-refractivity contribution in [2.24, 2.45) is 0 Å². The standard InChI is InChI=1S/C26H21BrClNO5/c1-14-8-10-16(13-19(14)28)29-23(17-6-4-5-7-20(17)33-2)22(25(31)26(29)32)24(30)15-9-11-21(34-3)18(27)12-15/h4-13,23,30H,1-3H3/b24-22+. The van der Waals surface area contributed by atoms with Crippen molar-refractivity contribution in [2.45, 2.75) is 13.0 Å².